The lowest BCUT2D eigenvalue weighted by Crippen LogP contribution is -2.32. The minimum atomic E-state index is 0.216. The lowest BCUT2D eigenvalue weighted by molar-refractivity contribution is 0.393. The second-order valence-corrected chi connectivity index (χ2v) is 8.26. The molecule has 0 saturated carbocycles. The van der Waals surface area contributed by atoms with Crippen molar-refractivity contribution in [3.05, 3.63) is 124 Å². The molecule has 3 aliphatic carbocycles. The van der Waals surface area contributed by atoms with Crippen molar-refractivity contribution in [2.24, 2.45) is 0 Å². The van der Waals surface area contributed by atoms with Crippen LogP contribution in [0.1, 0.15) is 47.4 Å². The first kappa shape index (κ1) is 20.1. The molecule has 2 nitrogen and oxygen atoms in total. The molecule has 0 radical (unpaired) electrons. The average Bonchev–Trinajstić information content (AvgIpc) is 2.89. The zero-order valence-corrected chi connectivity index (χ0v) is 18.0. The van der Waals surface area contributed by atoms with Gasteiger partial charge in [0.15, 0.2) is 0 Å². The molecule has 2 heteroatoms. The van der Waals surface area contributed by atoms with Crippen molar-refractivity contribution in [3.63, 3.8) is 0 Å². The number of ether oxygens (including phenoxy) is 1. The molecule has 0 spiro atoms. The van der Waals surface area contributed by atoms with Crippen LogP contribution in [0.4, 0.5) is 0 Å². The number of hydrogen-bond donors (Lipinski definition) is 0. The van der Waals surface area contributed by atoms with E-state index in [2.05, 4.69) is 60.7 Å². The standard InChI is InChI=1S/C25H19N.C5H6O/c26-16-17-4-3-6-20(14-17)21-9-8-19-11-12-23-22-7-2-1-5-18(22)10-13-24(23)25(19)15-21;1-2-4-6-5-3-1/h3-11,13-15,21H,1-2,12H2;2-5H,1H2. The molecule has 1 aliphatic heterocycles. The molecular formula is C30H25NO. The summed E-state index contributed by atoms with van der Waals surface area (Å²) in [5.74, 6) is 0.216. The maximum atomic E-state index is 9.19. The fraction of sp³-hybridized carbons (Fsp3) is 0.167. The molecule has 0 bridgehead atoms. The Morgan fingerprint density at radius 1 is 0.969 bits per heavy atom. The van der Waals surface area contributed by atoms with Crippen LogP contribution in [0.3, 0.4) is 0 Å². The summed E-state index contributed by atoms with van der Waals surface area (Å²) in [5.41, 5.74) is 7.40. The van der Waals surface area contributed by atoms with Gasteiger partial charge in [0.1, 0.15) is 0 Å². The van der Waals surface area contributed by atoms with Gasteiger partial charge in [-0.2, -0.15) is 5.26 Å². The lowest BCUT2D eigenvalue weighted by Gasteiger charge is -2.25. The maximum absolute atomic E-state index is 9.19. The van der Waals surface area contributed by atoms with Crippen LogP contribution in [-0.4, -0.2) is 0 Å². The molecule has 2 aromatic carbocycles. The van der Waals surface area contributed by atoms with E-state index in [9.17, 15) is 5.26 Å². The summed E-state index contributed by atoms with van der Waals surface area (Å²) in [4.78, 5) is 0. The topological polar surface area (TPSA) is 33.0 Å². The molecule has 2 aromatic rings. The van der Waals surface area contributed by atoms with Crippen molar-refractivity contribution < 1.29 is 4.74 Å². The van der Waals surface area contributed by atoms with Crippen molar-refractivity contribution in [1.82, 2.24) is 0 Å². The van der Waals surface area contributed by atoms with Crippen molar-refractivity contribution >= 4 is 17.7 Å². The van der Waals surface area contributed by atoms with Crippen LogP contribution in [0.5, 0.6) is 0 Å². The van der Waals surface area contributed by atoms with Crippen LogP contribution in [0.25, 0.3) is 17.7 Å². The largest absolute Gasteiger partial charge is 0.473 e. The lowest BCUT2D eigenvalue weighted by atomic mass is 9.79. The number of nitrogens with zero attached hydrogens (tertiary/aromatic N) is 1. The van der Waals surface area contributed by atoms with Gasteiger partial charge in [-0.1, -0.05) is 60.7 Å². The first-order valence-corrected chi connectivity index (χ1v) is 11.2. The Labute approximate surface area is 189 Å². The minimum Gasteiger partial charge on any atom is -0.473 e. The average molecular weight is 416 g/mol. The maximum Gasteiger partial charge on any atom is 0.0991 e. The summed E-state index contributed by atoms with van der Waals surface area (Å²) >= 11 is 0. The zero-order valence-electron chi connectivity index (χ0n) is 18.0. The van der Waals surface area contributed by atoms with Crippen LogP contribution >= 0.6 is 0 Å². The summed E-state index contributed by atoms with van der Waals surface area (Å²) < 4.78 is 4.71. The number of benzene rings is 2. The van der Waals surface area contributed by atoms with Crippen LogP contribution in [-0.2, 0) is 11.2 Å². The smallest absolute Gasteiger partial charge is 0.0991 e. The Balaban J connectivity index is 0.000000314. The molecule has 4 aliphatic rings. The first-order valence-electron chi connectivity index (χ1n) is 11.2. The van der Waals surface area contributed by atoms with Crippen molar-refractivity contribution in [1.29, 1.82) is 5.26 Å². The first-order chi connectivity index (χ1) is 15.8. The van der Waals surface area contributed by atoms with Gasteiger partial charge in [0, 0.05) is 5.92 Å². The van der Waals surface area contributed by atoms with Gasteiger partial charge in [-0.3, -0.25) is 0 Å². The normalized spacial score (nSPS) is 19.2. The Morgan fingerprint density at radius 2 is 1.84 bits per heavy atom. The predicted molar refractivity (Wildman–Crippen MR) is 131 cm³/mol. The van der Waals surface area contributed by atoms with E-state index in [1.807, 2.05) is 30.4 Å². The predicted octanol–water partition coefficient (Wildman–Crippen LogP) is 5.57. The van der Waals surface area contributed by atoms with Gasteiger partial charge in [-0.15, -0.1) is 0 Å². The molecule has 1 atom stereocenters. The molecule has 0 fully saturated rings. The number of fused-ring (bicyclic) bond motifs is 5. The third-order valence-corrected chi connectivity index (χ3v) is 6.25. The number of nitriles is 1. The van der Waals surface area contributed by atoms with E-state index >= 15 is 0 Å². The summed E-state index contributed by atoms with van der Waals surface area (Å²) in [6.45, 7) is 0. The quantitative estimate of drug-likeness (QED) is 0.610. The summed E-state index contributed by atoms with van der Waals surface area (Å²) in [6.07, 6.45) is 25.6. The van der Waals surface area contributed by atoms with E-state index in [-0.39, 0.29) is 5.92 Å². The third kappa shape index (κ3) is 4.03. The Hall–Kier alpha value is -3.83. The van der Waals surface area contributed by atoms with Gasteiger partial charge in [0.05, 0.1) is 24.2 Å². The molecular weight excluding hydrogens is 390 g/mol. The van der Waals surface area contributed by atoms with Crippen LogP contribution in [0, 0.1) is 11.3 Å². The van der Waals surface area contributed by atoms with Crippen molar-refractivity contribution in [2.45, 2.75) is 31.6 Å². The van der Waals surface area contributed by atoms with Crippen LogP contribution < -0.4 is 10.4 Å². The van der Waals surface area contributed by atoms with E-state index in [0.717, 1.165) is 31.2 Å². The summed E-state index contributed by atoms with van der Waals surface area (Å²) in [7, 11) is 0. The van der Waals surface area contributed by atoms with E-state index < -0.39 is 0 Å². The molecule has 0 saturated heterocycles. The SMILES string of the molecule is C1=COC=CC1.N#Cc1cccc(C2C=CC3=CCc4c(ccc5c4=CCCC=5)C3=C2)c1. The molecule has 1 unspecified atom stereocenters. The molecule has 0 N–H and O–H groups in total. The van der Waals surface area contributed by atoms with Crippen LogP contribution in [0.2, 0.25) is 0 Å². The molecule has 156 valence electrons. The monoisotopic (exact) mass is 415 g/mol. The van der Waals surface area contributed by atoms with Gasteiger partial charge in [0.25, 0.3) is 0 Å². The highest BCUT2D eigenvalue weighted by Crippen LogP contribution is 2.38. The van der Waals surface area contributed by atoms with Crippen LogP contribution in [0.15, 0.2) is 91.0 Å². The molecule has 0 amide bonds. The van der Waals surface area contributed by atoms with E-state index in [1.165, 1.54) is 38.3 Å². The Morgan fingerprint density at radius 3 is 2.62 bits per heavy atom. The van der Waals surface area contributed by atoms with Gasteiger partial charge in [0.2, 0.25) is 0 Å². The highest BCUT2D eigenvalue weighted by Gasteiger charge is 2.21. The minimum absolute atomic E-state index is 0.216. The highest BCUT2D eigenvalue weighted by molar-refractivity contribution is 5.87. The van der Waals surface area contributed by atoms with E-state index in [4.69, 9.17) is 4.74 Å². The number of allylic oxidation sites excluding steroid dienone is 8. The Kier molecular flexibility index (Phi) is 5.73. The second-order valence-electron chi connectivity index (χ2n) is 8.26. The fourth-order valence-corrected chi connectivity index (χ4v) is 4.67. The van der Waals surface area contributed by atoms with Crippen molar-refractivity contribution in [3.8, 4) is 6.07 Å². The van der Waals surface area contributed by atoms with Gasteiger partial charge < -0.3 is 4.74 Å². The molecule has 1 heterocycles. The van der Waals surface area contributed by atoms with Crippen molar-refractivity contribution in [2.75, 3.05) is 0 Å². The molecule has 6 rings (SSSR count). The fourth-order valence-electron chi connectivity index (χ4n) is 4.67. The third-order valence-electron chi connectivity index (χ3n) is 6.25. The zero-order chi connectivity index (χ0) is 21.8. The van der Waals surface area contributed by atoms with Gasteiger partial charge >= 0.3 is 0 Å². The van der Waals surface area contributed by atoms with E-state index in [1.54, 1.807) is 12.5 Å². The Bertz CT molecular complexity index is 1340. The van der Waals surface area contributed by atoms with Gasteiger partial charge in [-0.05, 0) is 88.2 Å². The number of rotatable bonds is 1. The highest BCUT2D eigenvalue weighted by atomic mass is 16.5. The van der Waals surface area contributed by atoms with Gasteiger partial charge in [-0.25, -0.2) is 0 Å². The molecule has 0 aromatic heterocycles. The summed E-state index contributed by atoms with van der Waals surface area (Å²) in [5, 5.41) is 12.0. The molecule has 32 heavy (non-hydrogen) atoms. The second kappa shape index (κ2) is 9.12. The number of hydrogen-bond acceptors (Lipinski definition) is 2. The summed E-state index contributed by atoms with van der Waals surface area (Å²) in [6, 6.07) is 14.8. The van der Waals surface area contributed by atoms with E-state index in [0.29, 0.717) is 0 Å².